The number of H-pyrrole nitrogens is 1. The summed E-state index contributed by atoms with van der Waals surface area (Å²) in [5.41, 5.74) is 5.21. The van der Waals surface area contributed by atoms with Crippen LogP contribution in [0.25, 0.3) is 11.0 Å². The molecule has 0 atom stereocenters. The Bertz CT molecular complexity index is 1130. The van der Waals surface area contributed by atoms with Gasteiger partial charge >= 0.3 is 0 Å². The number of aryl methyl sites for hydroxylation is 1. The van der Waals surface area contributed by atoms with Gasteiger partial charge in [-0.25, -0.2) is 9.97 Å². The van der Waals surface area contributed by atoms with Gasteiger partial charge in [0.25, 0.3) is 0 Å². The molecule has 4 aromatic heterocycles. The lowest BCUT2D eigenvalue weighted by Crippen LogP contribution is -2.22. The number of pyridine rings is 2. The Labute approximate surface area is 169 Å². The highest BCUT2D eigenvalue weighted by Gasteiger charge is 2.30. The Morgan fingerprint density at radius 2 is 2.10 bits per heavy atom. The first kappa shape index (κ1) is 18.9. The molecule has 4 aromatic rings. The quantitative estimate of drug-likeness (QED) is 0.501. The van der Waals surface area contributed by atoms with E-state index in [0.717, 1.165) is 33.7 Å². The van der Waals surface area contributed by atoms with E-state index in [1.165, 1.54) is 0 Å². The molecule has 0 saturated carbocycles. The lowest BCUT2D eigenvalue weighted by molar-refractivity contribution is 0.317. The molecule has 0 aliphatic rings. The first-order valence-electron chi connectivity index (χ1n) is 9.64. The van der Waals surface area contributed by atoms with Gasteiger partial charge in [-0.3, -0.25) is 9.78 Å². The maximum atomic E-state index is 5.77. The van der Waals surface area contributed by atoms with Crippen molar-refractivity contribution in [3.8, 4) is 5.88 Å². The van der Waals surface area contributed by atoms with Gasteiger partial charge in [-0.05, 0) is 39.0 Å². The molecule has 0 aromatic carbocycles. The summed E-state index contributed by atoms with van der Waals surface area (Å²) in [6, 6.07) is 8.03. The lowest BCUT2D eigenvalue weighted by Gasteiger charge is -2.27. The normalized spacial score (nSPS) is 11.7. The third-order valence-corrected chi connectivity index (χ3v) is 5.16. The van der Waals surface area contributed by atoms with Crippen LogP contribution in [-0.4, -0.2) is 36.6 Å². The molecule has 8 heteroatoms. The molecule has 0 spiro atoms. The van der Waals surface area contributed by atoms with E-state index in [0.29, 0.717) is 19.0 Å². The number of anilines is 1. The predicted molar refractivity (Wildman–Crippen MR) is 112 cm³/mol. The number of aromatic nitrogens is 6. The van der Waals surface area contributed by atoms with Crippen molar-refractivity contribution in [2.45, 2.75) is 32.7 Å². The van der Waals surface area contributed by atoms with Crippen LogP contribution in [0.15, 0.2) is 42.9 Å². The molecule has 8 nitrogen and oxygen atoms in total. The fraction of sp³-hybridized carbons (Fsp3) is 0.333. The molecule has 0 saturated heterocycles. The fourth-order valence-corrected chi connectivity index (χ4v) is 3.41. The fourth-order valence-electron chi connectivity index (χ4n) is 3.41. The van der Waals surface area contributed by atoms with Crippen molar-refractivity contribution in [2.24, 2.45) is 7.05 Å². The topological polar surface area (TPSA) is 93.5 Å². The van der Waals surface area contributed by atoms with Crippen molar-refractivity contribution < 1.29 is 4.74 Å². The van der Waals surface area contributed by atoms with E-state index >= 15 is 0 Å². The van der Waals surface area contributed by atoms with Crippen molar-refractivity contribution in [1.29, 1.82) is 0 Å². The Morgan fingerprint density at radius 3 is 2.86 bits per heavy atom. The molecule has 0 bridgehead atoms. The average molecular weight is 391 g/mol. The molecule has 0 aliphatic heterocycles. The van der Waals surface area contributed by atoms with Crippen LogP contribution in [0.2, 0.25) is 0 Å². The summed E-state index contributed by atoms with van der Waals surface area (Å²) in [4.78, 5) is 9.29. The van der Waals surface area contributed by atoms with Crippen molar-refractivity contribution >= 4 is 16.7 Å². The van der Waals surface area contributed by atoms with Gasteiger partial charge in [0.15, 0.2) is 0 Å². The van der Waals surface area contributed by atoms with Gasteiger partial charge < -0.3 is 10.1 Å². The highest BCUT2D eigenvalue weighted by molar-refractivity contribution is 5.87. The highest BCUT2D eigenvalue weighted by Crippen LogP contribution is 2.37. The Kier molecular flexibility index (Phi) is 4.92. The van der Waals surface area contributed by atoms with E-state index in [4.69, 9.17) is 9.72 Å². The van der Waals surface area contributed by atoms with E-state index in [2.05, 4.69) is 45.5 Å². The third kappa shape index (κ3) is 3.53. The summed E-state index contributed by atoms with van der Waals surface area (Å²) in [7, 11) is 1.93. The van der Waals surface area contributed by atoms with Crippen LogP contribution in [0.3, 0.4) is 0 Å². The summed E-state index contributed by atoms with van der Waals surface area (Å²) in [6.45, 7) is 7.43. The second-order valence-corrected chi connectivity index (χ2v) is 7.40. The van der Waals surface area contributed by atoms with Gasteiger partial charge in [-0.15, -0.1) is 0 Å². The van der Waals surface area contributed by atoms with Crippen LogP contribution in [-0.2, 0) is 19.0 Å². The van der Waals surface area contributed by atoms with Gasteiger partial charge in [0, 0.05) is 30.4 Å². The van der Waals surface area contributed by atoms with E-state index in [1.807, 2.05) is 36.9 Å². The molecule has 2 N–H and O–H groups in total. The van der Waals surface area contributed by atoms with E-state index in [-0.39, 0.29) is 0 Å². The largest absolute Gasteiger partial charge is 0.478 e. The summed E-state index contributed by atoms with van der Waals surface area (Å²) >= 11 is 0. The minimum Gasteiger partial charge on any atom is -0.478 e. The number of hydrogen-bond donors (Lipinski definition) is 2. The number of rotatable bonds is 7. The summed E-state index contributed by atoms with van der Waals surface area (Å²) < 4.78 is 7.63. The number of nitrogens with zero attached hydrogens (tertiary/aromatic N) is 5. The van der Waals surface area contributed by atoms with Crippen LogP contribution in [0.1, 0.15) is 37.7 Å². The van der Waals surface area contributed by atoms with E-state index in [9.17, 15) is 0 Å². The molecule has 4 heterocycles. The second kappa shape index (κ2) is 7.54. The number of ether oxygens (including phenoxy) is 1. The molecule has 150 valence electrons. The van der Waals surface area contributed by atoms with Crippen molar-refractivity contribution in [3.05, 3.63) is 59.8 Å². The number of hydrogen-bond acceptors (Lipinski definition) is 6. The van der Waals surface area contributed by atoms with E-state index < -0.39 is 5.41 Å². The minimum absolute atomic E-state index is 0.410. The SMILES string of the molecule is CCOc1ncccc1C(C)(C)c1cc(NCc2ccnn2C)c2[nH]ncc2n1. The molecular formula is C21H25N7O. The van der Waals surface area contributed by atoms with Crippen molar-refractivity contribution in [1.82, 2.24) is 29.9 Å². The van der Waals surface area contributed by atoms with Gasteiger partial charge in [-0.2, -0.15) is 10.2 Å². The number of nitrogens with one attached hydrogen (secondary N) is 2. The highest BCUT2D eigenvalue weighted by atomic mass is 16.5. The first-order valence-corrected chi connectivity index (χ1v) is 9.64. The smallest absolute Gasteiger partial charge is 0.217 e. The lowest BCUT2D eigenvalue weighted by atomic mass is 9.81. The van der Waals surface area contributed by atoms with E-state index in [1.54, 1.807) is 18.6 Å². The minimum atomic E-state index is -0.410. The third-order valence-electron chi connectivity index (χ3n) is 5.16. The predicted octanol–water partition coefficient (Wildman–Crippen LogP) is 3.42. The number of aromatic amines is 1. The summed E-state index contributed by atoms with van der Waals surface area (Å²) in [5.74, 6) is 0.637. The van der Waals surface area contributed by atoms with Crippen LogP contribution in [0, 0.1) is 0 Å². The molecule has 0 unspecified atom stereocenters. The maximum Gasteiger partial charge on any atom is 0.217 e. The first-order chi connectivity index (χ1) is 14.0. The monoisotopic (exact) mass is 391 g/mol. The summed E-state index contributed by atoms with van der Waals surface area (Å²) in [5, 5.41) is 15.0. The van der Waals surface area contributed by atoms with Gasteiger partial charge in [0.2, 0.25) is 5.88 Å². The van der Waals surface area contributed by atoms with Gasteiger partial charge in [0.05, 0.1) is 36.4 Å². The standard InChI is InChI=1S/C21H25N7O/c1-5-29-20-15(7-6-9-22-20)21(2,3)18-11-16(19-17(26-18)13-24-27-19)23-12-14-8-10-25-28(14)4/h6-11,13H,5,12H2,1-4H3,(H,23,26)(H,24,27). The number of fused-ring (bicyclic) bond motifs is 1. The zero-order chi connectivity index (χ0) is 20.4. The zero-order valence-electron chi connectivity index (χ0n) is 17.1. The average Bonchev–Trinajstić information content (AvgIpc) is 3.35. The van der Waals surface area contributed by atoms with Crippen LogP contribution >= 0.6 is 0 Å². The van der Waals surface area contributed by atoms with Crippen LogP contribution < -0.4 is 10.1 Å². The molecule has 0 aliphatic carbocycles. The molecular weight excluding hydrogens is 366 g/mol. The summed E-state index contributed by atoms with van der Waals surface area (Å²) in [6.07, 6.45) is 5.29. The zero-order valence-corrected chi connectivity index (χ0v) is 17.1. The van der Waals surface area contributed by atoms with Crippen LogP contribution in [0.5, 0.6) is 5.88 Å². The maximum absolute atomic E-state index is 5.77. The molecule has 0 amide bonds. The Morgan fingerprint density at radius 1 is 1.24 bits per heavy atom. The molecule has 0 radical (unpaired) electrons. The van der Waals surface area contributed by atoms with Gasteiger partial charge in [0.1, 0.15) is 11.0 Å². The Balaban J connectivity index is 1.75. The molecule has 0 fully saturated rings. The Hall–Kier alpha value is -3.42. The van der Waals surface area contributed by atoms with Crippen molar-refractivity contribution in [2.75, 3.05) is 11.9 Å². The second-order valence-electron chi connectivity index (χ2n) is 7.40. The molecule has 29 heavy (non-hydrogen) atoms. The van der Waals surface area contributed by atoms with Gasteiger partial charge in [-0.1, -0.05) is 6.07 Å². The van der Waals surface area contributed by atoms with Crippen LogP contribution in [0.4, 0.5) is 5.69 Å². The molecule has 4 rings (SSSR count). The van der Waals surface area contributed by atoms with Crippen molar-refractivity contribution in [3.63, 3.8) is 0 Å².